The van der Waals surface area contributed by atoms with E-state index in [-0.39, 0.29) is 38.6 Å². The number of Topliss-reactive ketones (excluding diaryl/α,β-unsaturated/α-hetero) is 1. The first-order valence-corrected chi connectivity index (χ1v) is 13.1. The number of rotatable bonds is 14. The van der Waals surface area contributed by atoms with Crippen molar-refractivity contribution in [2.45, 2.75) is 52.2 Å². The number of nitrogens with zero attached hydrogens (tertiary/aromatic N) is 1. The van der Waals surface area contributed by atoms with Crippen LogP contribution < -0.4 is 11.5 Å². The van der Waals surface area contributed by atoms with Crippen LogP contribution in [0.5, 0.6) is 0 Å². The van der Waals surface area contributed by atoms with Gasteiger partial charge < -0.3 is 16.2 Å². The van der Waals surface area contributed by atoms with Crippen molar-refractivity contribution in [1.82, 2.24) is 0 Å². The Morgan fingerprint density at radius 1 is 1.20 bits per heavy atom. The summed E-state index contributed by atoms with van der Waals surface area (Å²) in [6.45, 7) is 9.08. The zero-order chi connectivity index (χ0) is 22.5. The van der Waals surface area contributed by atoms with Gasteiger partial charge in [-0.15, -0.1) is 7.92 Å². The molecule has 6 nitrogen and oxygen atoms in total. The van der Waals surface area contributed by atoms with Gasteiger partial charge in [0.1, 0.15) is 12.4 Å². The monoisotopic (exact) mass is 435 g/mol. The van der Waals surface area contributed by atoms with Crippen molar-refractivity contribution in [1.29, 1.82) is 0 Å². The third-order valence-corrected chi connectivity index (χ3v) is 6.11. The van der Waals surface area contributed by atoms with Gasteiger partial charge in [0.15, 0.2) is 0 Å². The lowest BCUT2D eigenvalue weighted by molar-refractivity contribution is -0.153. The maximum absolute atomic E-state index is 12.7. The molecule has 0 fully saturated rings. The molecule has 1 unspecified atom stereocenters. The summed E-state index contributed by atoms with van der Waals surface area (Å²) in [5.41, 5.74) is 12.9. The van der Waals surface area contributed by atoms with E-state index in [1.54, 1.807) is 0 Å². The molecule has 0 spiro atoms. The van der Waals surface area contributed by atoms with E-state index in [0.717, 1.165) is 18.1 Å². The fourth-order valence-electron chi connectivity index (χ4n) is 3.07. The van der Waals surface area contributed by atoms with Gasteiger partial charge in [-0.2, -0.15) is 0 Å². The molecular formula is C23H38N3O3P. The van der Waals surface area contributed by atoms with E-state index in [1.165, 1.54) is 0 Å². The fraction of sp³-hybridized carbons (Fsp3) is 0.609. The molecule has 0 aliphatic heterocycles. The van der Waals surface area contributed by atoms with Crippen LogP contribution in [0, 0.1) is 11.8 Å². The van der Waals surface area contributed by atoms with Crippen molar-refractivity contribution in [3.8, 4) is 0 Å². The summed E-state index contributed by atoms with van der Waals surface area (Å²) < 4.78 is 5.49. The SMILES string of the molecule is CCC(C)[C@H](CC(=O)[C@H](N)CCCN=C(N)CP(C)C)C(=O)OCc1ccccc1. The fourth-order valence-corrected chi connectivity index (χ4v) is 3.82. The normalized spacial score (nSPS) is 14.9. The zero-order valence-corrected chi connectivity index (χ0v) is 19.7. The molecule has 0 bridgehead atoms. The number of carbonyl (C=O) groups excluding carboxylic acids is 2. The van der Waals surface area contributed by atoms with Gasteiger partial charge in [-0.3, -0.25) is 14.6 Å². The second-order valence-electron chi connectivity index (χ2n) is 8.12. The summed E-state index contributed by atoms with van der Waals surface area (Å²) in [5.74, 6) is -0.184. The van der Waals surface area contributed by atoms with E-state index < -0.39 is 12.0 Å². The molecule has 0 radical (unpaired) electrons. The van der Waals surface area contributed by atoms with Gasteiger partial charge in [-0.1, -0.05) is 50.6 Å². The molecule has 0 aromatic heterocycles. The number of carbonyl (C=O) groups is 2. The van der Waals surface area contributed by atoms with Gasteiger partial charge in [-0.05, 0) is 37.7 Å². The highest BCUT2D eigenvalue weighted by molar-refractivity contribution is 7.57. The lowest BCUT2D eigenvalue weighted by Crippen LogP contribution is -2.35. The predicted molar refractivity (Wildman–Crippen MR) is 126 cm³/mol. The smallest absolute Gasteiger partial charge is 0.309 e. The Hall–Kier alpha value is -1.78. The first kappa shape index (κ1) is 26.3. The van der Waals surface area contributed by atoms with E-state index in [4.69, 9.17) is 16.2 Å². The largest absolute Gasteiger partial charge is 0.461 e. The molecule has 3 atom stereocenters. The highest BCUT2D eigenvalue weighted by Gasteiger charge is 2.30. The molecule has 0 amide bonds. The molecule has 0 aliphatic carbocycles. The van der Waals surface area contributed by atoms with E-state index >= 15 is 0 Å². The number of aliphatic imine (C=N–C) groups is 1. The number of nitrogens with two attached hydrogens (primary N) is 2. The van der Waals surface area contributed by atoms with Gasteiger partial charge in [0.2, 0.25) is 0 Å². The molecule has 1 aromatic carbocycles. The molecule has 1 aromatic rings. The van der Waals surface area contributed by atoms with Crippen molar-refractivity contribution in [2.24, 2.45) is 28.3 Å². The van der Waals surface area contributed by atoms with Crippen LogP contribution in [0.1, 0.15) is 45.1 Å². The van der Waals surface area contributed by atoms with E-state index in [2.05, 4.69) is 18.3 Å². The summed E-state index contributed by atoms with van der Waals surface area (Å²) in [6.07, 6.45) is 2.98. The van der Waals surface area contributed by atoms with Crippen LogP contribution in [-0.4, -0.2) is 49.7 Å². The van der Waals surface area contributed by atoms with Crippen molar-refractivity contribution >= 4 is 25.5 Å². The van der Waals surface area contributed by atoms with Crippen LogP contribution >= 0.6 is 7.92 Å². The first-order chi connectivity index (χ1) is 14.2. The van der Waals surface area contributed by atoms with Crippen LogP contribution in [0.3, 0.4) is 0 Å². The second kappa shape index (κ2) is 14.3. The Bertz CT molecular complexity index is 680. The predicted octanol–water partition coefficient (Wildman–Crippen LogP) is 3.56. The van der Waals surface area contributed by atoms with Crippen molar-refractivity contribution in [3.05, 3.63) is 35.9 Å². The molecule has 7 heteroatoms. The summed E-state index contributed by atoms with van der Waals surface area (Å²) in [7, 11) is -0.105. The minimum absolute atomic E-state index is 0.0480. The minimum atomic E-state index is -0.593. The van der Waals surface area contributed by atoms with E-state index in [0.29, 0.717) is 25.2 Å². The van der Waals surface area contributed by atoms with Gasteiger partial charge in [0.05, 0.1) is 17.8 Å². The van der Waals surface area contributed by atoms with Gasteiger partial charge in [-0.25, -0.2) is 0 Å². The van der Waals surface area contributed by atoms with Crippen LogP contribution in [0.15, 0.2) is 35.3 Å². The molecule has 0 aliphatic rings. The summed E-state index contributed by atoms with van der Waals surface area (Å²) in [6, 6.07) is 8.94. The molecule has 4 N–H and O–H groups in total. The maximum Gasteiger partial charge on any atom is 0.309 e. The Balaban J connectivity index is 2.53. The van der Waals surface area contributed by atoms with Crippen LogP contribution in [0.4, 0.5) is 0 Å². The number of ketones is 1. The average molecular weight is 436 g/mol. The maximum atomic E-state index is 12.7. The topological polar surface area (TPSA) is 108 Å². The standard InChI is InChI=1S/C23H38N3O3P/c1-5-17(2)19(23(28)29-15-18-10-7-6-8-11-18)14-21(27)20(24)12-9-13-26-22(25)16-30(3)4/h6-8,10-11,17,19-20H,5,9,12-16,24H2,1-4H3,(H2,25,26)/t17?,19-,20+/m0/s1. The van der Waals surface area contributed by atoms with E-state index in [1.807, 2.05) is 44.2 Å². The van der Waals surface area contributed by atoms with Crippen LogP contribution in [0.25, 0.3) is 0 Å². The molecule has 30 heavy (non-hydrogen) atoms. The summed E-state index contributed by atoms with van der Waals surface area (Å²) in [4.78, 5) is 29.6. The quantitative estimate of drug-likeness (QED) is 0.153. The first-order valence-electron chi connectivity index (χ1n) is 10.7. The zero-order valence-electron chi connectivity index (χ0n) is 18.8. The lowest BCUT2D eigenvalue weighted by atomic mass is 9.85. The highest BCUT2D eigenvalue weighted by atomic mass is 31.1. The minimum Gasteiger partial charge on any atom is -0.461 e. The average Bonchev–Trinajstić information content (AvgIpc) is 2.72. The molecular weight excluding hydrogens is 397 g/mol. The highest BCUT2D eigenvalue weighted by Crippen LogP contribution is 2.23. The van der Waals surface area contributed by atoms with Crippen molar-refractivity contribution in [2.75, 3.05) is 26.0 Å². The van der Waals surface area contributed by atoms with E-state index in [9.17, 15) is 9.59 Å². The van der Waals surface area contributed by atoms with Gasteiger partial charge in [0, 0.05) is 19.1 Å². The van der Waals surface area contributed by atoms with Crippen LogP contribution in [-0.2, 0) is 20.9 Å². The summed E-state index contributed by atoms with van der Waals surface area (Å²) in [5, 5.41) is 0. The third-order valence-electron chi connectivity index (χ3n) is 5.16. The molecule has 168 valence electrons. The third kappa shape index (κ3) is 10.3. The van der Waals surface area contributed by atoms with Gasteiger partial charge >= 0.3 is 5.97 Å². The number of amidine groups is 1. The molecule has 0 saturated heterocycles. The van der Waals surface area contributed by atoms with Gasteiger partial charge in [0.25, 0.3) is 0 Å². The Morgan fingerprint density at radius 3 is 2.47 bits per heavy atom. The Morgan fingerprint density at radius 2 is 1.87 bits per heavy atom. The number of hydrogen-bond donors (Lipinski definition) is 2. The number of esters is 1. The molecule has 0 heterocycles. The Kier molecular flexibility index (Phi) is 12.5. The molecule has 1 rings (SSSR count). The summed E-state index contributed by atoms with van der Waals surface area (Å²) >= 11 is 0. The second-order valence-corrected chi connectivity index (χ2v) is 10.6. The van der Waals surface area contributed by atoms with Crippen molar-refractivity contribution < 1.29 is 14.3 Å². The molecule has 0 saturated carbocycles. The number of hydrogen-bond acceptors (Lipinski definition) is 5. The number of ether oxygens (including phenoxy) is 1. The Labute approximate surface area is 182 Å². The van der Waals surface area contributed by atoms with Crippen molar-refractivity contribution in [3.63, 3.8) is 0 Å². The lowest BCUT2D eigenvalue weighted by Gasteiger charge is -2.22. The number of benzene rings is 1. The van der Waals surface area contributed by atoms with Crippen LogP contribution in [0.2, 0.25) is 0 Å².